The van der Waals surface area contributed by atoms with Gasteiger partial charge in [0, 0.05) is 34.0 Å². The van der Waals surface area contributed by atoms with Crippen molar-refractivity contribution in [2.45, 2.75) is 32.9 Å². The number of hydrogen-bond acceptors (Lipinski definition) is 2. The number of thiocarbonyl (C=S) groups is 1. The number of nitrogens with one attached hydrogen (secondary N) is 1. The topological polar surface area (TPSA) is 33.1 Å². The van der Waals surface area contributed by atoms with Crippen molar-refractivity contribution in [1.29, 1.82) is 0 Å². The lowest BCUT2D eigenvalue weighted by molar-refractivity contribution is 0.565. The van der Waals surface area contributed by atoms with Gasteiger partial charge >= 0.3 is 0 Å². The highest BCUT2D eigenvalue weighted by Crippen LogP contribution is 2.43. The number of aryl methyl sites for hydroxylation is 2. The van der Waals surface area contributed by atoms with Crippen molar-refractivity contribution in [2.75, 3.05) is 4.90 Å². The standard InChI is InChI=1S/C27H25ClN4S/c1-17-7-11-21(12-8-17)31-18(2)16-23(19(31)3)26-25(24-6-4-5-15-29-24)30-27(33)32(26)22-13-9-20(28)10-14-22/h4-16,25-26H,1-3H3,(H,30,33)/t25-,26-/m1/s1. The Morgan fingerprint density at radius 3 is 2.27 bits per heavy atom. The van der Waals surface area contributed by atoms with Gasteiger partial charge in [-0.3, -0.25) is 4.98 Å². The predicted octanol–water partition coefficient (Wildman–Crippen LogP) is 6.63. The van der Waals surface area contributed by atoms with Gasteiger partial charge in [-0.05, 0) is 93.1 Å². The third-order valence-corrected chi connectivity index (χ3v) is 6.85. The lowest BCUT2D eigenvalue weighted by Crippen LogP contribution is -2.29. The second kappa shape index (κ2) is 8.65. The van der Waals surface area contributed by atoms with E-state index in [2.05, 4.69) is 76.9 Å². The monoisotopic (exact) mass is 472 g/mol. The van der Waals surface area contributed by atoms with Crippen LogP contribution in [0.15, 0.2) is 79.0 Å². The molecule has 166 valence electrons. The van der Waals surface area contributed by atoms with E-state index in [-0.39, 0.29) is 12.1 Å². The lowest BCUT2D eigenvalue weighted by atomic mass is 9.96. The number of aromatic nitrogens is 2. The van der Waals surface area contributed by atoms with Crippen LogP contribution in [-0.2, 0) is 0 Å². The summed E-state index contributed by atoms with van der Waals surface area (Å²) in [5.41, 5.74) is 7.94. The van der Waals surface area contributed by atoms with Gasteiger partial charge in [-0.25, -0.2) is 0 Å². The minimum atomic E-state index is -0.0821. The number of halogens is 1. The molecule has 33 heavy (non-hydrogen) atoms. The van der Waals surface area contributed by atoms with Crippen LogP contribution in [0.1, 0.15) is 40.3 Å². The van der Waals surface area contributed by atoms with Gasteiger partial charge in [0.05, 0.1) is 17.8 Å². The molecule has 5 rings (SSSR count). The molecular weight excluding hydrogens is 448 g/mol. The second-order valence-corrected chi connectivity index (χ2v) is 9.29. The summed E-state index contributed by atoms with van der Waals surface area (Å²) in [5, 5.41) is 4.92. The Morgan fingerprint density at radius 2 is 1.61 bits per heavy atom. The normalized spacial score (nSPS) is 17.9. The molecule has 0 unspecified atom stereocenters. The Bertz CT molecular complexity index is 1300. The van der Waals surface area contributed by atoms with E-state index in [1.807, 2.05) is 42.6 Å². The smallest absolute Gasteiger partial charge is 0.174 e. The molecule has 2 atom stereocenters. The van der Waals surface area contributed by atoms with Crippen molar-refractivity contribution in [1.82, 2.24) is 14.9 Å². The Balaban J connectivity index is 1.67. The van der Waals surface area contributed by atoms with Gasteiger partial charge in [0.15, 0.2) is 5.11 Å². The van der Waals surface area contributed by atoms with Gasteiger partial charge in [-0.1, -0.05) is 35.4 Å². The fourth-order valence-electron chi connectivity index (χ4n) is 4.73. The van der Waals surface area contributed by atoms with Crippen molar-refractivity contribution in [3.05, 3.63) is 112 Å². The molecule has 1 N–H and O–H groups in total. The third-order valence-electron chi connectivity index (χ3n) is 6.28. The predicted molar refractivity (Wildman–Crippen MR) is 139 cm³/mol. The highest BCUT2D eigenvalue weighted by molar-refractivity contribution is 7.80. The van der Waals surface area contributed by atoms with Crippen LogP contribution in [0.25, 0.3) is 5.69 Å². The first-order valence-electron chi connectivity index (χ1n) is 11.0. The highest BCUT2D eigenvalue weighted by atomic mass is 35.5. The second-order valence-electron chi connectivity index (χ2n) is 8.47. The average molecular weight is 473 g/mol. The Morgan fingerprint density at radius 1 is 0.909 bits per heavy atom. The number of hydrogen-bond donors (Lipinski definition) is 1. The zero-order valence-corrected chi connectivity index (χ0v) is 20.4. The van der Waals surface area contributed by atoms with Crippen molar-refractivity contribution in [2.24, 2.45) is 0 Å². The number of anilines is 1. The molecule has 0 aliphatic carbocycles. The number of rotatable bonds is 4. The van der Waals surface area contributed by atoms with Gasteiger partial charge < -0.3 is 14.8 Å². The van der Waals surface area contributed by atoms with Crippen molar-refractivity contribution in [3.63, 3.8) is 0 Å². The summed E-state index contributed by atoms with van der Waals surface area (Å²) < 4.78 is 2.31. The van der Waals surface area contributed by atoms with E-state index >= 15 is 0 Å². The van der Waals surface area contributed by atoms with Gasteiger partial charge in [-0.15, -0.1) is 0 Å². The zero-order chi connectivity index (χ0) is 23.1. The summed E-state index contributed by atoms with van der Waals surface area (Å²) in [4.78, 5) is 6.85. The van der Waals surface area contributed by atoms with E-state index in [4.69, 9.17) is 23.8 Å². The van der Waals surface area contributed by atoms with Crippen LogP contribution >= 0.6 is 23.8 Å². The maximum Gasteiger partial charge on any atom is 0.174 e. The van der Waals surface area contributed by atoms with Crippen LogP contribution in [0.2, 0.25) is 5.02 Å². The van der Waals surface area contributed by atoms with Gasteiger partial charge in [-0.2, -0.15) is 0 Å². The molecule has 2 aromatic heterocycles. The Kier molecular flexibility index (Phi) is 5.69. The molecule has 4 nitrogen and oxygen atoms in total. The lowest BCUT2D eigenvalue weighted by Gasteiger charge is -2.28. The Hall–Kier alpha value is -3.15. The van der Waals surface area contributed by atoms with Crippen LogP contribution in [0.3, 0.4) is 0 Å². The summed E-state index contributed by atoms with van der Waals surface area (Å²) in [6, 6.07) is 24.6. The number of benzene rings is 2. The molecule has 1 saturated heterocycles. The van der Waals surface area contributed by atoms with Crippen molar-refractivity contribution < 1.29 is 0 Å². The number of pyridine rings is 1. The fourth-order valence-corrected chi connectivity index (χ4v) is 5.20. The van der Waals surface area contributed by atoms with Crippen LogP contribution in [0.5, 0.6) is 0 Å². The highest BCUT2D eigenvalue weighted by Gasteiger charge is 2.42. The van der Waals surface area contributed by atoms with E-state index in [1.54, 1.807) is 0 Å². The summed E-state index contributed by atoms with van der Waals surface area (Å²) in [7, 11) is 0. The quantitative estimate of drug-likeness (QED) is 0.338. The molecule has 3 heterocycles. The van der Waals surface area contributed by atoms with Crippen molar-refractivity contribution in [3.8, 4) is 5.69 Å². The third kappa shape index (κ3) is 3.92. The van der Waals surface area contributed by atoms with Crippen LogP contribution < -0.4 is 10.2 Å². The summed E-state index contributed by atoms with van der Waals surface area (Å²) >= 11 is 12.0. The van der Waals surface area contributed by atoms with Gasteiger partial charge in [0.2, 0.25) is 0 Å². The molecule has 0 bridgehead atoms. The number of nitrogens with zero attached hydrogens (tertiary/aromatic N) is 3. The van der Waals surface area contributed by atoms with Crippen LogP contribution in [-0.4, -0.2) is 14.7 Å². The molecule has 1 aliphatic rings. The summed E-state index contributed by atoms with van der Waals surface area (Å²) in [6.07, 6.45) is 1.83. The van der Waals surface area contributed by atoms with E-state index < -0.39 is 0 Å². The minimum absolute atomic E-state index is 0.0565. The molecule has 2 aromatic carbocycles. The van der Waals surface area contributed by atoms with Gasteiger partial charge in [0.1, 0.15) is 0 Å². The van der Waals surface area contributed by atoms with E-state index in [9.17, 15) is 0 Å². The molecule has 0 spiro atoms. The van der Waals surface area contributed by atoms with E-state index in [0.717, 1.165) is 17.1 Å². The maximum atomic E-state index is 6.18. The first kappa shape index (κ1) is 21.7. The first-order valence-corrected chi connectivity index (χ1v) is 11.7. The SMILES string of the molecule is Cc1ccc(-n2c(C)cc([C@@H]3[C@@H](c4ccccn4)NC(=S)N3c3ccc(Cl)cc3)c2C)cc1. The fraction of sp³-hybridized carbons (Fsp3) is 0.185. The molecule has 0 amide bonds. The molecular formula is C27H25ClN4S. The van der Waals surface area contributed by atoms with E-state index in [1.165, 1.54) is 22.5 Å². The molecule has 6 heteroatoms. The van der Waals surface area contributed by atoms with Crippen LogP contribution in [0, 0.1) is 20.8 Å². The zero-order valence-electron chi connectivity index (χ0n) is 18.8. The molecule has 4 aromatic rings. The molecule has 0 saturated carbocycles. The largest absolute Gasteiger partial charge is 0.351 e. The minimum Gasteiger partial charge on any atom is -0.351 e. The first-order chi connectivity index (χ1) is 15.9. The molecule has 0 radical (unpaired) electrons. The van der Waals surface area contributed by atoms with Crippen molar-refractivity contribution >= 4 is 34.6 Å². The summed E-state index contributed by atoms with van der Waals surface area (Å²) in [5.74, 6) is 0. The maximum absolute atomic E-state index is 6.18. The average Bonchev–Trinajstić information content (AvgIpc) is 3.31. The summed E-state index contributed by atoms with van der Waals surface area (Å²) in [6.45, 7) is 6.44. The van der Waals surface area contributed by atoms with Crippen LogP contribution in [0.4, 0.5) is 5.69 Å². The van der Waals surface area contributed by atoms with Gasteiger partial charge in [0.25, 0.3) is 0 Å². The molecule has 1 aliphatic heterocycles. The molecule has 1 fully saturated rings. The van der Waals surface area contributed by atoms with E-state index in [0.29, 0.717) is 10.1 Å². The Labute approximate surface area is 204 Å².